The first-order chi connectivity index (χ1) is 8.43. The molecule has 1 heterocycles. The lowest BCUT2D eigenvalue weighted by Gasteiger charge is -2.13. The Morgan fingerprint density at radius 3 is 2.56 bits per heavy atom. The third kappa shape index (κ3) is 2.19. The maximum atomic E-state index is 13.4. The van der Waals surface area contributed by atoms with Crippen molar-refractivity contribution in [3.8, 4) is 0 Å². The number of aryl methyl sites for hydroxylation is 1. The summed E-state index contributed by atoms with van der Waals surface area (Å²) in [6, 6.07) is 2.25. The second kappa shape index (κ2) is 5.02. The van der Waals surface area contributed by atoms with Crippen LogP contribution in [0.4, 0.5) is 8.78 Å². The Balaban J connectivity index is 2.53. The van der Waals surface area contributed by atoms with E-state index in [9.17, 15) is 13.9 Å². The molecule has 0 saturated heterocycles. The molecule has 1 unspecified atom stereocenters. The topological polar surface area (TPSA) is 50.9 Å². The molecule has 0 fully saturated rings. The summed E-state index contributed by atoms with van der Waals surface area (Å²) in [4.78, 5) is 0. The zero-order valence-electron chi connectivity index (χ0n) is 9.03. The molecule has 0 bridgehead atoms. The van der Waals surface area contributed by atoms with Crippen molar-refractivity contribution in [2.75, 3.05) is 0 Å². The van der Waals surface area contributed by atoms with Gasteiger partial charge in [-0.3, -0.25) is 0 Å². The average molecular weight is 383 g/mol. The van der Waals surface area contributed by atoms with E-state index in [1.54, 1.807) is 7.05 Å². The summed E-state index contributed by atoms with van der Waals surface area (Å²) in [6.07, 6.45) is -1.18. The van der Waals surface area contributed by atoms with Gasteiger partial charge in [-0.05, 0) is 37.9 Å². The van der Waals surface area contributed by atoms with Gasteiger partial charge < -0.3 is 5.11 Å². The maximum Gasteiger partial charge on any atom is 0.173 e. The standard InChI is InChI=1S/C10H7Br2F2N3O/c1-17-8(10(12)15-16-17)9(18)4-2-3-5(13)7(14)6(4)11/h2-3,9,18H,1H3. The molecular weight excluding hydrogens is 376 g/mol. The van der Waals surface area contributed by atoms with E-state index in [4.69, 9.17) is 0 Å². The first-order valence-electron chi connectivity index (χ1n) is 4.80. The Hall–Kier alpha value is -0.860. The fraction of sp³-hybridized carbons (Fsp3) is 0.200. The van der Waals surface area contributed by atoms with Crippen LogP contribution in [0.1, 0.15) is 17.4 Å². The molecule has 1 aromatic carbocycles. The molecule has 0 aliphatic rings. The molecule has 0 radical (unpaired) electrons. The zero-order valence-corrected chi connectivity index (χ0v) is 12.2. The van der Waals surface area contributed by atoms with E-state index in [0.29, 0.717) is 10.3 Å². The molecule has 1 N–H and O–H groups in total. The van der Waals surface area contributed by atoms with Crippen molar-refractivity contribution >= 4 is 31.9 Å². The van der Waals surface area contributed by atoms with Crippen molar-refractivity contribution < 1.29 is 13.9 Å². The molecule has 0 saturated carbocycles. The van der Waals surface area contributed by atoms with Gasteiger partial charge in [0.2, 0.25) is 0 Å². The van der Waals surface area contributed by atoms with Gasteiger partial charge in [0, 0.05) is 12.6 Å². The number of rotatable bonds is 2. The van der Waals surface area contributed by atoms with Crippen LogP contribution < -0.4 is 0 Å². The van der Waals surface area contributed by atoms with Gasteiger partial charge in [-0.2, -0.15) is 0 Å². The van der Waals surface area contributed by atoms with Gasteiger partial charge in [-0.25, -0.2) is 13.5 Å². The highest BCUT2D eigenvalue weighted by atomic mass is 79.9. The predicted octanol–water partition coefficient (Wildman–Crippen LogP) is 2.70. The minimum Gasteiger partial charge on any atom is -0.382 e. The molecule has 8 heteroatoms. The molecule has 4 nitrogen and oxygen atoms in total. The van der Waals surface area contributed by atoms with Crippen LogP contribution in [-0.4, -0.2) is 20.1 Å². The maximum absolute atomic E-state index is 13.4. The SMILES string of the molecule is Cn1nnc(Br)c1C(O)c1ccc(F)c(F)c1Br. The monoisotopic (exact) mass is 381 g/mol. The number of benzene rings is 1. The van der Waals surface area contributed by atoms with Crippen LogP contribution in [0.2, 0.25) is 0 Å². The number of nitrogens with zero attached hydrogens (tertiary/aromatic N) is 3. The highest BCUT2D eigenvalue weighted by molar-refractivity contribution is 9.10. The molecule has 0 amide bonds. The lowest BCUT2D eigenvalue weighted by atomic mass is 10.1. The lowest BCUT2D eigenvalue weighted by Crippen LogP contribution is -2.09. The molecule has 1 aromatic heterocycles. The molecule has 2 aromatic rings. The predicted molar refractivity (Wildman–Crippen MR) is 66.8 cm³/mol. The fourth-order valence-corrected chi connectivity index (χ4v) is 2.61. The van der Waals surface area contributed by atoms with Gasteiger partial charge in [0.15, 0.2) is 16.2 Å². The number of aliphatic hydroxyl groups excluding tert-OH is 1. The second-order valence-electron chi connectivity index (χ2n) is 3.56. The van der Waals surface area contributed by atoms with Crippen LogP contribution >= 0.6 is 31.9 Å². The lowest BCUT2D eigenvalue weighted by molar-refractivity contribution is 0.207. The van der Waals surface area contributed by atoms with E-state index >= 15 is 0 Å². The van der Waals surface area contributed by atoms with Crippen LogP contribution in [0.5, 0.6) is 0 Å². The number of halogens is 4. The van der Waals surface area contributed by atoms with Gasteiger partial charge in [0.25, 0.3) is 0 Å². The fourth-order valence-electron chi connectivity index (χ4n) is 1.53. The van der Waals surface area contributed by atoms with Gasteiger partial charge in [0.1, 0.15) is 11.8 Å². The number of aliphatic hydroxyl groups is 1. The third-order valence-electron chi connectivity index (χ3n) is 2.45. The molecule has 2 rings (SSSR count). The van der Waals surface area contributed by atoms with Gasteiger partial charge in [0.05, 0.1) is 4.47 Å². The average Bonchev–Trinajstić information content (AvgIpc) is 2.65. The molecular formula is C10H7Br2F2N3O. The Morgan fingerprint density at radius 2 is 2.00 bits per heavy atom. The van der Waals surface area contributed by atoms with E-state index in [1.807, 2.05) is 0 Å². The van der Waals surface area contributed by atoms with Crippen LogP contribution in [0, 0.1) is 11.6 Å². The summed E-state index contributed by atoms with van der Waals surface area (Å²) >= 11 is 6.06. The summed E-state index contributed by atoms with van der Waals surface area (Å²) in [5, 5.41) is 17.6. The Morgan fingerprint density at radius 1 is 1.33 bits per heavy atom. The highest BCUT2D eigenvalue weighted by Crippen LogP contribution is 2.33. The minimum atomic E-state index is -1.18. The Bertz CT molecular complexity index is 584. The van der Waals surface area contributed by atoms with Crippen LogP contribution in [0.25, 0.3) is 0 Å². The minimum absolute atomic E-state index is 0.122. The second-order valence-corrected chi connectivity index (χ2v) is 5.10. The molecule has 0 aliphatic heterocycles. The zero-order chi connectivity index (χ0) is 13.4. The van der Waals surface area contributed by atoms with Crippen molar-refractivity contribution in [3.63, 3.8) is 0 Å². The van der Waals surface area contributed by atoms with Crippen LogP contribution in [0.3, 0.4) is 0 Å². The van der Waals surface area contributed by atoms with E-state index in [2.05, 4.69) is 42.2 Å². The van der Waals surface area contributed by atoms with Crippen molar-refractivity contribution in [1.82, 2.24) is 15.0 Å². The molecule has 96 valence electrons. The van der Waals surface area contributed by atoms with Crippen LogP contribution in [0.15, 0.2) is 21.2 Å². The van der Waals surface area contributed by atoms with Crippen molar-refractivity contribution in [2.45, 2.75) is 6.10 Å². The number of aromatic nitrogens is 3. The van der Waals surface area contributed by atoms with Gasteiger partial charge in [-0.15, -0.1) is 5.10 Å². The van der Waals surface area contributed by atoms with Crippen molar-refractivity contribution in [2.24, 2.45) is 7.05 Å². The summed E-state index contributed by atoms with van der Waals surface area (Å²) < 4.78 is 28.0. The van der Waals surface area contributed by atoms with E-state index in [1.165, 1.54) is 10.7 Å². The third-order valence-corrected chi connectivity index (χ3v) is 3.82. The Labute approximate surface area is 118 Å². The van der Waals surface area contributed by atoms with Crippen molar-refractivity contribution in [3.05, 3.63) is 44.1 Å². The molecule has 18 heavy (non-hydrogen) atoms. The van der Waals surface area contributed by atoms with E-state index in [-0.39, 0.29) is 10.0 Å². The first-order valence-corrected chi connectivity index (χ1v) is 6.38. The number of hydrogen-bond donors (Lipinski definition) is 1. The number of hydrogen-bond acceptors (Lipinski definition) is 3. The first kappa shape index (κ1) is 13.6. The molecule has 1 atom stereocenters. The summed E-state index contributed by atoms with van der Waals surface area (Å²) in [6.45, 7) is 0. The van der Waals surface area contributed by atoms with Gasteiger partial charge >= 0.3 is 0 Å². The van der Waals surface area contributed by atoms with E-state index < -0.39 is 17.7 Å². The summed E-state index contributed by atoms with van der Waals surface area (Å²) in [5.74, 6) is -2.03. The normalized spacial score (nSPS) is 12.8. The van der Waals surface area contributed by atoms with Gasteiger partial charge in [-0.1, -0.05) is 11.3 Å². The summed E-state index contributed by atoms with van der Waals surface area (Å²) in [5.41, 5.74) is 0.543. The van der Waals surface area contributed by atoms with Crippen molar-refractivity contribution in [1.29, 1.82) is 0 Å². The quantitative estimate of drug-likeness (QED) is 0.812. The van der Waals surface area contributed by atoms with E-state index in [0.717, 1.165) is 6.07 Å². The molecule has 0 aliphatic carbocycles. The Kier molecular flexibility index (Phi) is 3.79. The van der Waals surface area contributed by atoms with Crippen LogP contribution in [-0.2, 0) is 7.05 Å². The summed E-state index contributed by atoms with van der Waals surface area (Å²) in [7, 11) is 1.59. The highest BCUT2D eigenvalue weighted by Gasteiger charge is 2.24. The molecule has 0 spiro atoms. The largest absolute Gasteiger partial charge is 0.382 e. The smallest absolute Gasteiger partial charge is 0.173 e.